The second kappa shape index (κ2) is 12.8. The smallest absolute Gasteiger partial charge is 0.255 e. The summed E-state index contributed by atoms with van der Waals surface area (Å²) in [5.74, 6) is 1.21. The molecule has 1 saturated heterocycles. The van der Waals surface area contributed by atoms with E-state index in [9.17, 15) is 9.59 Å². The molecule has 1 aromatic heterocycles. The molecule has 1 fully saturated rings. The molecule has 1 aliphatic heterocycles. The van der Waals surface area contributed by atoms with Crippen molar-refractivity contribution in [3.05, 3.63) is 94.1 Å². The number of carbonyl (C=O) groups is 1. The molecule has 0 radical (unpaired) electrons. The number of hydrogen-bond acceptors (Lipinski definition) is 6. The number of unbranched alkanes of at least 4 members (excludes halogenated alkanes) is 2. The van der Waals surface area contributed by atoms with Crippen molar-refractivity contribution < 1.29 is 13.9 Å². The monoisotopic (exact) mass is 539 g/mol. The highest BCUT2D eigenvalue weighted by molar-refractivity contribution is 6.05. The first-order chi connectivity index (χ1) is 19.6. The minimum Gasteiger partial charge on any atom is -0.495 e. The summed E-state index contributed by atoms with van der Waals surface area (Å²) >= 11 is 0. The second-order valence-corrected chi connectivity index (χ2v) is 10.3. The van der Waals surface area contributed by atoms with Crippen molar-refractivity contribution in [1.82, 2.24) is 10.2 Å². The van der Waals surface area contributed by atoms with Gasteiger partial charge in [0.1, 0.15) is 11.5 Å². The summed E-state index contributed by atoms with van der Waals surface area (Å²) in [6.45, 7) is 7.45. The van der Waals surface area contributed by atoms with Crippen molar-refractivity contribution in [2.45, 2.75) is 26.2 Å². The van der Waals surface area contributed by atoms with Crippen LogP contribution in [0.4, 0.5) is 5.69 Å². The number of carbonyl (C=O) groups excluding carboxylic acids is 1. The molecule has 2 heterocycles. The van der Waals surface area contributed by atoms with E-state index in [2.05, 4.69) is 27.2 Å². The van der Waals surface area contributed by atoms with Crippen LogP contribution in [0.1, 0.15) is 35.2 Å². The number of fused-ring (bicyclic) bond motifs is 1. The van der Waals surface area contributed by atoms with Gasteiger partial charge in [0.15, 0.2) is 11.0 Å². The van der Waals surface area contributed by atoms with Gasteiger partial charge >= 0.3 is 0 Å². The Balaban J connectivity index is 1.10. The summed E-state index contributed by atoms with van der Waals surface area (Å²) in [6.07, 6.45) is 3.03. The van der Waals surface area contributed by atoms with E-state index in [4.69, 9.17) is 9.15 Å². The average molecular weight is 540 g/mol. The van der Waals surface area contributed by atoms with Crippen LogP contribution in [0, 0.1) is 6.92 Å². The number of para-hydroxylation sites is 3. The highest BCUT2D eigenvalue weighted by atomic mass is 16.5. The van der Waals surface area contributed by atoms with Crippen molar-refractivity contribution in [1.29, 1.82) is 0 Å². The highest BCUT2D eigenvalue weighted by Crippen LogP contribution is 2.29. The Morgan fingerprint density at radius 1 is 0.900 bits per heavy atom. The van der Waals surface area contributed by atoms with Gasteiger partial charge in [0, 0.05) is 43.9 Å². The van der Waals surface area contributed by atoms with Crippen molar-refractivity contribution in [3.8, 4) is 17.1 Å². The summed E-state index contributed by atoms with van der Waals surface area (Å²) < 4.78 is 11.7. The van der Waals surface area contributed by atoms with E-state index in [0.29, 0.717) is 34.4 Å². The molecule has 0 atom stereocenters. The van der Waals surface area contributed by atoms with Gasteiger partial charge in [-0.05, 0) is 50.6 Å². The third-order valence-corrected chi connectivity index (χ3v) is 7.66. The lowest BCUT2D eigenvalue weighted by molar-refractivity contribution is 0.0953. The standard InChI is InChI=1S/C33H37N3O4/c1-24-30(37)26-14-11-15-27(32(26)40-31(24)25-12-5-3-6-13-25)33(38)34-18-9-4-10-19-35-20-22-36(23-21-35)28-16-7-8-17-29(28)39-2/h3,5-8,11-17H,4,9-10,18-23H2,1-2H3,(H,34,38). The summed E-state index contributed by atoms with van der Waals surface area (Å²) in [4.78, 5) is 31.1. The molecule has 4 aromatic rings. The number of nitrogens with zero attached hydrogens (tertiary/aromatic N) is 2. The zero-order valence-corrected chi connectivity index (χ0v) is 23.3. The molecule has 208 valence electrons. The van der Waals surface area contributed by atoms with Crippen molar-refractivity contribution >= 4 is 22.6 Å². The number of methoxy groups -OCH3 is 1. The maximum Gasteiger partial charge on any atom is 0.255 e. The number of ether oxygens (including phenoxy) is 1. The predicted molar refractivity (Wildman–Crippen MR) is 160 cm³/mol. The lowest BCUT2D eigenvalue weighted by Crippen LogP contribution is -2.46. The largest absolute Gasteiger partial charge is 0.495 e. The normalized spacial score (nSPS) is 13.9. The van der Waals surface area contributed by atoms with Crippen LogP contribution in [0.15, 0.2) is 82.0 Å². The molecule has 40 heavy (non-hydrogen) atoms. The Morgan fingerprint density at radius 3 is 2.42 bits per heavy atom. The van der Waals surface area contributed by atoms with E-state index in [1.807, 2.05) is 42.5 Å². The van der Waals surface area contributed by atoms with Gasteiger partial charge in [0.2, 0.25) is 0 Å². The van der Waals surface area contributed by atoms with Crippen molar-refractivity contribution in [2.75, 3.05) is 51.3 Å². The fourth-order valence-electron chi connectivity index (χ4n) is 5.39. The predicted octanol–water partition coefficient (Wildman–Crippen LogP) is 5.50. The second-order valence-electron chi connectivity index (χ2n) is 10.3. The van der Waals surface area contributed by atoms with E-state index in [0.717, 1.165) is 69.0 Å². The Hall–Kier alpha value is -4.10. The van der Waals surface area contributed by atoms with Crippen LogP contribution in [0.25, 0.3) is 22.3 Å². The molecule has 1 aliphatic rings. The van der Waals surface area contributed by atoms with Gasteiger partial charge in [-0.15, -0.1) is 0 Å². The van der Waals surface area contributed by atoms with Gasteiger partial charge < -0.3 is 19.4 Å². The van der Waals surface area contributed by atoms with Crippen molar-refractivity contribution in [2.24, 2.45) is 0 Å². The van der Waals surface area contributed by atoms with Gasteiger partial charge in [-0.3, -0.25) is 14.5 Å². The van der Waals surface area contributed by atoms with E-state index in [-0.39, 0.29) is 11.3 Å². The molecule has 0 aliphatic carbocycles. The quantitative estimate of drug-likeness (QED) is 0.268. The number of nitrogens with one attached hydrogen (secondary N) is 1. The molecule has 0 saturated carbocycles. The maximum absolute atomic E-state index is 13.1. The third kappa shape index (κ3) is 6.05. The molecule has 7 nitrogen and oxygen atoms in total. The first kappa shape index (κ1) is 27.5. The van der Waals surface area contributed by atoms with Gasteiger partial charge in [-0.25, -0.2) is 0 Å². The van der Waals surface area contributed by atoms with Crippen LogP contribution in [-0.2, 0) is 0 Å². The molecular formula is C33H37N3O4. The number of hydrogen-bond donors (Lipinski definition) is 1. The number of piperazine rings is 1. The number of rotatable bonds is 10. The van der Waals surface area contributed by atoms with Gasteiger partial charge in [0.05, 0.1) is 23.7 Å². The van der Waals surface area contributed by atoms with Crippen LogP contribution in [0.5, 0.6) is 5.75 Å². The van der Waals surface area contributed by atoms with E-state index in [1.54, 1.807) is 32.2 Å². The van der Waals surface area contributed by atoms with E-state index in [1.165, 1.54) is 0 Å². The molecule has 0 bridgehead atoms. The number of amides is 1. The van der Waals surface area contributed by atoms with Crippen LogP contribution < -0.4 is 20.4 Å². The van der Waals surface area contributed by atoms with Gasteiger partial charge in [-0.2, -0.15) is 0 Å². The van der Waals surface area contributed by atoms with E-state index < -0.39 is 0 Å². The average Bonchev–Trinajstić information content (AvgIpc) is 3.01. The molecule has 7 heteroatoms. The lowest BCUT2D eigenvalue weighted by Gasteiger charge is -2.36. The number of benzene rings is 3. The fourth-order valence-corrected chi connectivity index (χ4v) is 5.39. The molecular weight excluding hydrogens is 502 g/mol. The Labute approximate surface area is 235 Å². The molecule has 3 aromatic carbocycles. The Bertz CT molecular complexity index is 1510. The first-order valence-corrected chi connectivity index (χ1v) is 14.1. The maximum atomic E-state index is 13.1. The topological polar surface area (TPSA) is 75.0 Å². The third-order valence-electron chi connectivity index (χ3n) is 7.66. The van der Waals surface area contributed by atoms with Gasteiger partial charge in [0.25, 0.3) is 5.91 Å². The molecule has 1 N–H and O–H groups in total. The summed E-state index contributed by atoms with van der Waals surface area (Å²) in [5, 5.41) is 3.45. The summed E-state index contributed by atoms with van der Waals surface area (Å²) in [7, 11) is 1.72. The van der Waals surface area contributed by atoms with Gasteiger partial charge in [-0.1, -0.05) is 55.0 Å². The minimum atomic E-state index is -0.218. The van der Waals surface area contributed by atoms with Crippen LogP contribution in [0.3, 0.4) is 0 Å². The Morgan fingerprint density at radius 2 is 1.65 bits per heavy atom. The Kier molecular flexibility index (Phi) is 8.81. The number of anilines is 1. The first-order valence-electron chi connectivity index (χ1n) is 14.1. The highest BCUT2D eigenvalue weighted by Gasteiger charge is 2.20. The lowest BCUT2D eigenvalue weighted by atomic mass is 10.0. The molecule has 0 unspecified atom stereocenters. The molecule has 0 spiro atoms. The zero-order valence-electron chi connectivity index (χ0n) is 23.3. The van der Waals surface area contributed by atoms with E-state index >= 15 is 0 Å². The molecule has 5 rings (SSSR count). The molecule has 1 amide bonds. The zero-order chi connectivity index (χ0) is 27.9. The van der Waals surface area contributed by atoms with Crippen molar-refractivity contribution in [3.63, 3.8) is 0 Å². The van der Waals surface area contributed by atoms with Crippen LogP contribution >= 0.6 is 0 Å². The minimum absolute atomic E-state index is 0.113. The van der Waals surface area contributed by atoms with Crippen LogP contribution in [0.2, 0.25) is 0 Å². The fraction of sp³-hybridized carbons (Fsp3) is 0.333. The summed E-state index contributed by atoms with van der Waals surface area (Å²) in [5.41, 5.74) is 3.13. The van der Waals surface area contributed by atoms with Crippen LogP contribution in [-0.4, -0.2) is 57.2 Å². The SMILES string of the molecule is COc1ccccc1N1CCN(CCCCCNC(=O)c2cccc3c(=O)c(C)c(-c4ccccc4)oc23)CC1. The summed E-state index contributed by atoms with van der Waals surface area (Å²) in [6, 6.07) is 22.9.